The van der Waals surface area contributed by atoms with Gasteiger partial charge in [-0.1, -0.05) is 22.0 Å². The summed E-state index contributed by atoms with van der Waals surface area (Å²) in [4.78, 5) is 7.67. The fraction of sp³-hybridized carbons (Fsp3) is 0.0714. The minimum Gasteiger partial charge on any atom is -0.399 e. The first kappa shape index (κ1) is 12.0. The van der Waals surface area contributed by atoms with Crippen molar-refractivity contribution in [2.75, 3.05) is 11.1 Å². The second kappa shape index (κ2) is 4.59. The molecule has 0 unspecified atom stereocenters. The summed E-state index contributed by atoms with van der Waals surface area (Å²) in [6, 6.07) is 11.7. The quantitative estimate of drug-likeness (QED) is 0.627. The maximum atomic E-state index is 5.75. The smallest absolute Gasteiger partial charge is 0.205 e. The van der Waals surface area contributed by atoms with Crippen molar-refractivity contribution >= 4 is 44.3 Å². The Bertz CT molecular complexity index is 748. The molecule has 0 atom stereocenters. The number of nitrogen functional groups attached to an aromatic ring is 1. The van der Waals surface area contributed by atoms with Crippen LogP contribution in [0, 0.1) is 6.92 Å². The van der Waals surface area contributed by atoms with E-state index < -0.39 is 0 Å². The molecular formula is C14H13BrN4. The number of nitrogens with one attached hydrogen (secondary N) is 2. The number of hydrogen-bond acceptors (Lipinski definition) is 3. The van der Waals surface area contributed by atoms with E-state index in [1.54, 1.807) is 0 Å². The Hall–Kier alpha value is -2.01. The zero-order valence-corrected chi connectivity index (χ0v) is 12.0. The Morgan fingerprint density at radius 3 is 2.84 bits per heavy atom. The van der Waals surface area contributed by atoms with Gasteiger partial charge in [0.25, 0.3) is 0 Å². The minimum absolute atomic E-state index is 0.705. The number of benzene rings is 2. The van der Waals surface area contributed by atoms with E-state index in [2.05, 4.69) is 38.1 Å². The minimum atomic E-state index is 0.705. The summed E-state index contributed by atoms with van der Waals surface area (Å²) in [5.41, 5.74) is 10.5. The zero-order valence-electron chi connectivity index (χ0n) is 10.4. The molecular weight excluding hydrogens is 304 g/mol. The van der Waals surface area contributed by atoms with Gasteiger partial charge in [0.05, 0.1) is 11.0 Å². The van der Waals surface area contributed by atoms with Crippen LogP contribution >= 0.6 is 15.9 Å². The van der Waals surface area contributed by atoms with Crippen LogP contribution in [0.4, 0.5) is 17.3 Å². The lowest BCUT2D eigenvalue weighted by molar-refractivity contribution is 1.30. The number of rotatable bonds is 2. The molecule has 0 bridgehead atoms. The summed E-state index contributed by atoms with van der Waals surface area (Å²) < 4.78 is 1.07. The van der Waals surface area contributed by atoms with Crippen LogP contribution in [0.15, 0.2) is 40.9 Å². The van der Waals surface area contributed by atoms with Gasteiger partial charge in [-0.25, -0.2) is 4.98 Å². The highest BCUT2D eigenvalue weighted by molar-refractivity contribution is 9.10. The van der Waals surface area contributed by atoms with Crippen LogP contribution in [0.1, 0.15) is 5.56 Å². The summed E-state index contributed by atoms with van der Waals surface area (Å²) in [6.07, 6.45) is 0. The van der Waals surface area contributed by atoms with Crippen molar-refractivity contribution in [2.45, 2.75) is 6.92 Å². The Morgan fingerprint density at radius 2 is 2.05 bits per heavy atom. The molecule has 4 N–H and O–H groups in total. The van der Waals surface area contributed by atoms with Gasteiger partial charge in [0.2, 0.25) is 5.95 Å². The summed E-state index contributed by atoms with van der Waals surface area (Å²) >= 11 is 3.52. The summed E-state index contributed by atoms with van der Waals surface area (Å²) in [5, 5.41) is 3.24. The Kier molecular flexibility index (Phi) is 2.91. The molecule has 1 heterocycles. The number of hydrogen-bond donors (Lipinski definition) is 3. The highest BCUT2D eigenvalue weighted by Gasteiger charge is 2.04. The maximum Gasteiger partial charge on any atom is 0.205 e. The first-order valence-electron chi connectivity index (χ1n) is 5.90. The van der Waals surface area contributed by atoms with E-state index >= 15 is 0 Å². The fourth-order valence-electron chi connectivity index (χ4n) is 1.89. The molecule has 0 aliphatic carbocycles. The van der Waals surface area contributed by atoms with E-state index in [1.165, 1.54) is 5.56 Å². The number of anilines is 3. The van der Waals surface area contributed by atoms with E-state index in [0.717, 1.165) is 26.9 Å². The van der Waals surface area contributed by atoms with Crippen molar-refractivity contribution in [3.63, 3.8) is 0 Å². The van der Waals surface area contributed by atoms with E-state index in [0.29, 0.717) is 5.95 Å². The van der Waals surface area contributed by atoms with Gasteiger partial charge in [-0.15, -0.1) is 0 Å². The van der Waals surface area contributed by atoms with Gasteiger partial charge >= 0.3 is 0 Å². The molecule has 0 saturated heterocycles. The van der Waals surface area contributed by atoms with Gasteiger partial charge in [-0.3, -0.25) is 0 Å². The normalized spacial score (nSPS) is 10.8. The van der Waals surface area contributed by atoms with E-state index in [1.807, 2.05) is 36.4 Å². The van der Waals surface area contributed by atoms with Crippen molar-refractivity contribution in [1.29, 1.82) is 0 Å². The van der Waals surface area contributed by atoms with Crippen LogP contribution in [-0.2, 0) is 0 Å². The second-order valence-corrected chi connectivity index (χ2v) is 5.31. The summed E-state index contributed by atoms with van der Waals surface area (Å²) in [6.45, 7) is 2.05. The number of fused-ring (bicyclic) bond motifs is 1. The number of aryl methyl sites for hydroxylation is 1. The SMILES string of the molecule is Cc1ccc(Nc2nc3ccc(N)cc3[nH]2)cc1Br. The lowest BCUT2D eigenvalue weighted by Crippen LogP contribution is -1.92. The summed E-state index contributed by atoms with van der Waals surface area (Å²) in [5.74, 6) is 0.705. The Morgan fingerprint density at radius 1 is 1.21 bits per heavy atom. The predicted molar refractivity (Wildman–Crippen MR) is 82.7 cm³/mol. The van der Waals surface area contributed by atoms with Crippen molar-refractivity contribution in [3.05, 3.63) is 46.4 Å². The molecule has 19 heavy (non-hydrogen) atoms. The molecule has 0 saturated carbocycles. The van der Waals surface area contributed by atoms with Gasteiger partial charge in [0, 0.05) is 15.8 Å². The van der Waals surface area contributed by atoms with Crippen LogP contribution in [0.25, 0.3) is 11.0 Å². The predicted octanol–water partition coefficient (Wildman–Crippen LogP) is 3.96. The molecule has 2 aromatic carbocycles. The average molecular weight is 317 g/mol. The molecule has 0 spiro atoms. The maximum absolute atomic E-state index is 5.75. The molecule has 0 aliphatic heterocycles. The highest BCUT2D eigenvalue weighted by Crippen LogP contribution is 2.24. The van der Waals surface area contributed by atoms with Crippen molar-refractivity contribution < 1.29 is 0 Å². The van der Waals surface area contributed by atoms with Crippen LogP contribution in [0.5, 0.6) is 0 Å². The number of aromatic amines is 1. The van der Waals surface area contributed by atoms with Gasteiger partial charge in [0.15, 0.2) is 0 Å². The Labute approximate surface area is 119 Å². The lowest BCUT2D eigenvalue weighted by atomic mass is 10.2. The number of imidazole rings is 1. The second-order valence-electron chi connectivity index (χ2n) is 4.45. The van der Waals surface area contributed by atoms with Gasteiger partial charge in [-0.05, 0) is 42.8 Å². The van der Waals surface area contributed by atoms with Gasteiger partial charge < -0.3 is 16.0 Å². The average Bonchev–Trinajstić information content (AvgIpc) is 2.75. The molecule has 0 aliphatic rings. The first-order valence-corrected chi connectivity index (χ1v) is 6.69. The third kappa shape index (κ3) is 2.42. The molecule has 0 fully saturated rings. The molecule has 3 aromatic rings. The first-order chi connectivity index (χ1) is 9.11. The standard InChI is InChI=1S/C14H13BrN4/c1-8-2-4-10(7-11(8)15)17-14-18-12-5-3-9(16)6-13(12)19-14/h2-7H,16H2,1H3,(H2,17,18,19). The molecule has 4 nitrogen and oxygen atoms in total. The lowest BCUT2D eigenvalue weighted by Gasteiger charge is -2.04. The van der Waals surface area contributed by atoms with Crippen LogP contribution < -0.4 is 11.1 Å². The Balaban J connectivity index is 1.94. The van der Waals surface area contributed by atoms with Crippen molar-refractivity contribution in [3.8, 4) is 0 Å². The third-order valence-electron chi connectivity index (χ3n) is 2.94. The number of aromatic nitrogens is 2. The topological polar surface area (TPSA) is 66.7 Å². The summed E-state index contributed by atoms with van der Waals surface area (Å²) in [7, 11) is 0. The van der Waals surface area contributed by atoms with Crippen LogP contribution in [0.2, 0.25) is 0 Å². The van der Waals surface area contributed by atoms with E-state index in [9.17, 15) is 0 Å². The van der Waals surface area contributed by atoms with Crippen molar-refractivity contribution in [1.82, 2.24) is 9.97 Å². The number of halogens is 1. The van der Waals surface area contributed by atoms with Crippen molar-refractivity contribution in [2.24, 2.45) is 0 Å². The molecule has 1 aromatic heterocycles. The molecule has 96 valence electrons. The molecule has 3 rings (SSSR count). The number of H-pyrrole nitrogens is 1. The highest BCUT2D eigenvalue weighted by atomic mass is 79.9. The number of nitrogens with two attached hydrogens (primary N) is 1. The largest absolute Gasteiger partial charge is 0.399 e. The monoisotopic (exact) mass is 316 g/mol. The van der Waals surface area contributed by atoms with Gasteiger partial charge in [0.1, 0.15) is 0 Å². The zero-order chi connectivity index (χ0) is 13.4. The van der Waals surface area contributed by atoms with E-state index in [4.69, 9.17) is 5.73 Å². The molecule has 5 heteroatoms. The van der Waals surface area contributed by atoms with Crippen LogP contribution in [0.3, 0.4) is 0 Å². The fourth-order valence-corrected chi connectivity index (χ4v) is 2.27. The third-order valence-corrected chi connectivity index (χ3v) is 3.79. The molecule has 0 radical (unpaired) electrons. The van der Waals surface area contributed by atoms with E-state index in [-0.39, 0.29) is 0 Å². The van der Waals surface area contributed by atoms with Gasteiger partial charge in [-0.2, -0.15) is 0 Å². The molecule has 0 amide bonds. The number of nitrogens with zero attached hydrogens (tertiary/aromatic N) is 1. The van der Waals surface area contributed by atoms with Crippen LogP contribution in [-0.4, -0.2) is 9.97 Å².